The van der Waals surface area contributed by atoms with E-state index >= 15 is 0 Å². The standard InChI is InChI=1S/C22H28N2O2S/c1-3-15-23-22(26)20(4-2)24(16-18-11-7-5-8-12-18)21(25)17-27-19-13-9-6-10-14-19/h5-14,20H,3-4,15-17H2,1-2H3,(H,23,26). The molecule has 0 spiro atoms. The maximum Gasteiger partial charge on any atom is 0.242 e. The normalized spacial score (nSPS) is 11.6. The summed E-state index contributed by atoms with van der Waals surface area (Å²) < 4.78 is 0. The van der Waals surface area contributed by atoms with Crippen LogP contribution in [0.25, 0.3) is 0 Å². The number of carbonyl (C=O) groups is 2. The largest absolute Gasteiger partial charge is 0.354 e. The lowest BCUT2D eigenvalue weighted by Gasteiger charge is -2.30. The fourth-order valence-corrected chi connectivity index (χ4v) is 3.62. The molecule has 144 valence electrons. The van der Waals surface area contributed by atoms with Gasteiger partial charge in [0.25, 0.3) is 0 Å². The van der Waals surface area contributed by atoms with Gasteiger partial charge in [-0.2, -0.15) is 0 Å². The summed E-state index contributed by atoms with van der Waals surface area (Å²) in [5.74, 6) is 0.216. The van der Waals surface area contributed by atoms with Gasteiger partial charge < -0.3 is 10.2 Å². The number of nitrogens with zero attached hydrogens (tertiary/aromatic N) is 1. The molecule has 2 aromatic carbocycles. The zero-order chi connectivity index (χ0) is 19.5. The summed E-state index contributed by atoms with van der Waals surface area (Å²) in [6.45, 7) is 5.03. The Hall–Kier alpha value is -2.27. The van der Waals surface area contributed by atoms with Gasteiger partial charge in [0.15, 0.2) is 0 Å². The number of hydrogen-bond donors (Lipinski definition) is 1. The zero-order valence-electron chi connectivity index (χ0n) is 16.1. The van der Waals surface area contributed by atoms with Gasteiger partial charge >= 0.3 is 0 Å². The van der Waals surface area contributed by atoms with Crippen LogP contribution in [0.2, 0.25) is 0 Å². The summed E-state index contributed by atoms with van der Waals surface area (Å²) in [5, 5.41) is 2.94. The molecule has 5 heteroatoms. The van der Waals surface area contributed by atoms with Crippen molar-refractivity contribution in [2.75, 3.05) is 12.3 Å². The quantitative estimate of drug-likeness (QED) is 0.627. The first kappa shape index (κ1) is 21.0. The summed E-state index contributed by atoms with van der Waals surface area (Å²) >= 11 is 1.50. The molecule has 1 atom stereocenters. The lowest BCUT2D eigenvalue weighted by Crippen LogP contribution is -2.49. The number of nitrogens with one attached hydrogen (secondary N) is 1. The van der Waals surface area contributed by atoms with E-state index in [1.54, 1.807) is 4.90 Å². The molecule has 0 saturated carbocycles. The van der Waals surface area contributed by atoms with Crippen molar-refractivity contribution in [2.24, 2.45) is 0 Å². The molecule has 1 N–H and O–H groups in total. The third kappa shape index (κ3) is 6.75. The van der Waals surface area contributed by atoms with Gasteiger partial charge in [-0.15, -0.1) is 11.8 Å². The molecule has 4 nitrogen and oxygen atoms in total. The minimum Gasteiger partial charge on any atom is -0.354 e. The van der Waals surface area contributed by atoms with Crippen molar-refractivity contribution in [3.05, 3.63) is 66.2 Å². The Balaban J connectivity index is 2.14. The van der Waals surface area contributed by atoms with Crippen LogP contribution in [-0.2, 0) is 16.1 Å². The average molecular weight is 385 g/mol. The van der Waals surface area contributed by atoms with Crippen LogP contribution in [0.15, 0.2) is 65.6 Å². The highest BCUT2D eigenvalue weighted by atomic mass is 32.2. The van der Waals surface area contributed by atoms with Gasteiger partial charge in [0.1, 0.15) is 6.04 Å². The molecule has 0 aromatic heterocycles. The first-order chi connectivity index (χ1) is 13.2. The van der Waals surface area contributed by atoms with Crippen LogP contribution in [0.1, 0.15) is 32.3 Å². The Kier molecular flexibility index (Phi) is 8.92. The maximum absolute atomic E-state index is 13.0. The van der Waals surface area contributed by atoms with Crippen molar-refractivity contribution in [3.8, 4) is 0 Å². The molecule has 1 unspecified atom stereocenters. The molecule has 0 fully saturated rings. The van der Waals surface area contributed by atoms with Crippen LogP contribution in [0.4, 0.5) is 0 Å². The van der Waals surface area contributed by atoms with Gasteiger partial charge in [0.2, 0.25) is 11.8 Å². The first-order valence-electron chi connectivity index (χ1n) is 9.44. The second-order valence-electron chi connectivity index (χ2n) is 6.32. The summed E-state index contributed by atoms with van der Waals surface area (Å²) in [7, 11) is 0. The van der Waals surface area contributed by atoms with Gasteiger partial charge in [-0.05, 0) is 30.5 Å². The summed E-state index contributed by atoms with van der Waals surface area (Å²) in [6, 6.07) is 19.2. The van der Waals surface area contributed by atoms with Gasteiger partial charge in [-0.25, -0.2) is 0 Å². The molecule has 0 aliphatic carbocycles. The molecular weight excluding hydrogens is 356 g/mol. The van der Waals surface area contributed by atoms with E-state index in [1.807, 2.05) is 74.5 Å². The van der Waals surface area contributed by atoms with Crippen LogP contribution in [0, 0.1) is 0 Å². The topological polar surface area (TPSA) is 49.4 Å². The minimum atomic E-state index is -0.458. The van der Waals surface area contributed by atoms with E-state index in [0.717, 1.165) is 16.9 Å². The molecule has 2 aromatic rings. The molecule has 2 amide bonds. The predicted octanol–water partition coefficient (Wildman–Crippen LogP) is 4.11. The Morgan fingerprint density at radius 1 is 1.00 bits per heavy atom. The highest BCUT2D eigenvalue weighted by Crippen LogP contribution is 2.20. The lowest BCUT2D eigenvalue weighted by atomic mass is 10.1. The molecule has 27 heavy (non-hydrogen) atoms. The first-order valence-corrected chi connectivity index (χ1v) is 10.4. The number of hydrogen-bond acceptors (Lipinski definition) is 3. The smallest absolute Gasteiger partial charge is 0.242 e. The summed E-state index contributed by atoms with van der Waals surface area (Å²) in [4.78, 5) is 28.4. The van der Waals surface area contributed by atoms with Crippen LogP contribution < -0.4 is 5.32 Å². The fraction of sp³-hybridized carbons (Fsp3) is 0.364. The van der Waals surface area contributed by atoms with E-state index in [2.05, 4.69) is 5.32 Å². The Morgan fingerprint density at radius 3 is 2.22 bits per heavy atom. The minimum absolute atomic E-state index is 0.0220. The van der Waals surface area contributed by atoms with Crippen molar-refractivity contribution in [1.82, 2.24) is 10.2 Å². The number of thioether (sulfide) groups is 1. The van der Waals surface area contributed by atoms with Crippen LogP contribution in [0.3, 0.4) is 0 Å². The molecule has 0 radical (unpaired) electrons. The van der Waals surface area contributed by atoms with Gasteiger partial charge in [0.05, 0.1) is 5.75 Å². The second kappa shape index (κ2) is 11.4. The van der Waals surface area contributed by atoms with Crippen molar-refractivity contribution in [2.45, 2.75) is 44.2 Å². The molecule has 0 bridgehead atoms. The van der Waals surface area contributed by atoms with Crippen molar-refractivity contribution < 1.29 is 9.59 Å². The monoisotopic (exact) mass is 384 g/mol. The van der Waals surface area contributed by atoms with Crippen LogP contribution in [0.5, 0.6) is 0 Å². The highest BCUT2D eigenvalue weighted by Gasteiger charge is 2.28. The average Bonchev–Trinajstić information content (AvgIpc) is 2.71. The van der Waals surface area contributed by atoms with Crippen molar-refractivity contribution >= 4 is 23.6 Å². The van der Waals surface area contributed by atoms with E-state index in [1.165, 1.54) is 11.8 Å². The van der Waals surface area contributed by atoms with Gasteiger partial charge in [-0.1, -0.05) is 62.4 Å². The number of benzene rings is 2. The van der Waals surface area contributed by atoms with E-state index in [4.69, 9.17) is 0 Å². The zero-order valence-corrected chi connectivity index (χ0v) is 16.9. The van der Waals surface area contributed by atoms with Crippen molar-refractivity contribution in [1.29, 1.82) is 0 Å². The molecule has 0 saturated heterocycles. The summed E-state index contributed by atoms with van der Waals surface area (Å²) in [5.41, 5.74) is 1.03. The van der Waals surface area contributed by atoms with Gasteiger partial charge in [-0.3, -0.25) is 9.59 Å². The Labute approximate surface area is 166 Å². The van der Waals surface area contributed by atoms with Crippen molar-refractivity contribution in [3.63, 3.8) is 0 Å². The molecular formula is C22H28N2O2S. The Bertz CT molecular complexity index is 707. The number of rotatable bonds is 10. The third-order valence-corrected chi connectivity index (χ3v) is 5.23. The second-order valence-corrected chi connectivity index (χ2v) is 7.37. The van der Waals surface area contributed by atoms with Gasteiger partial charge in [0, 0.05) is 18.0 Å². The lowest BCUT2D eigenvalue weighted by molar-refractivity contribution is -0.139. The molecule has 2 rings (SSSR count). The Morgan fingerprint density at radius 2 is 1.63 bits per heavy atom. The highest BCUT2D eigenvalue weighted by molar-refractivity contribution is 8.00. The van der Waals surface area contributed by atoms with E-state index in [9.17, 15) is 9.59 Å². The molecule has 0 aliphatic rings. The SMILES string of the molecule is CCCNC(=O)C(CC)N(Cc1ccccc1)C(=O)CSc1ccccc1. The van der Waals surface area contributed by atoms with Crippen LogP contribution >= 0.6 is 11.8 Å². The van der Waals surface area contributed by atoms with E-state index < -0.39 is 6.04 Å². The number of carbonyl (C=O) groups excluding carboxylic acids is 2. The maximum atomic E-state index is 13.0. The molecule has 0 heterocycles. The predicted molar refractivity (Wildman–Crippen MR) is 112 cm³/mol. The van der Waals surface area contributed by atoms with E-state index in [0.29, 0.717) is 25.3 Å². The number of amides is 2. The third-order valence-electron chi connectivity index (χ3n) is 4.24. The fourth-order valence-electron chi connectivity index (χ4n) is 2.81. The van der Waals surface area contributed by atoms with Crippen LogP contribution in [-0.4, -0.2) is 35.1 Å². The summed E-state index contributed by atoms with van der Waals surface area (Å²) in [6.07, 6.45) is 1.46. The molecule has 0 aliphatic heterocycles. The van der Waals surface area contributed by atoms with E-state index in [-0.39, 0.29) is 11.8 Å².